The van der Waals surface area contributed by atoms with E-state index in [-0.39, 0.29) is 28.7 Å². The highest BCUT2D eigenvalue weighted by atomic mass is 35.5. The minimum absolute atomic E-state index is 0.00832. The summed E-state index contributed by atoms with van der Waals surface area (Å²) in [6.07, 6.45) is 2.06. The number of carbonyl (C=O) groups excluding carboxylic acids is 1. The number of amidine groups is 1. The van der Waals surface area contributed by atoms with Gasteiger partial charge >= 0.3 is 0 Å². The molecule has 0 unspecified atom stereocenters. The van der Waals surface area contributed by atoms with Crippen LogP contribution in [0.2, 0.25) is 10.0 Å². The van der Waals surface area contributed by atoms with Gasteiger partial charge in [-0.15, -0.1) is 0 Å². The lowest BCUT2D eigenvalue weighted by atomic mass is 10.2. The Balaban J connectivity index is 2.01. The van der Waals surface area contributed by atoms with Crippen molar-refractivity contribution in [1.82, 2.24) is 0 Å². The highest BCUT2D eigenvalue weighted by Gasteiger charge is 2.50. The van der Waals surface area contributed by atoms with Gasteiger partial charge < -0.3 is 4.90 Å². The molecular formula is C16H18Cl2N2O3S2. The summed E-state index contributed by atoms with van der Waals surface area (Å²) in [7, 11) is -3.13. The van der Waals surface area contributed by atoms with Gasteiger partial charge in [0.25, 0.3) is 0 Å². The lowest BCUT2D eigenvalue weighted by Gasteiger charge is -2.26. The molecule has 1 amide bonds. The first-order valence-electron chi connectivity index (χ1n) is 8.04. The van der Waals surface area contributed by atoms with Crippen molar-refractivity contribution in [3.8, 4) is 0 Å². The molecule has 3 rings (SSSR count). The molecule has 5 nitrogen and oxygen atoms in total. The average molecular weight is 421 g/mol. The first-order valence-corrected chi connectivity index (χ1v) is 11.5. The smallest absolute Gasteiger partial charge is 0.248 e. The number of nitrogens with zero attached hydrogens (tertiary/aromatic N) is 2. The molecular weight excluding hydrogens is 403 g/mol. The second-order valence-corrected chi connectivity index (χ2v) is 10.3. The molecule has 1 aromatic carbocycles. The summed E-state index contributed by atoms with van der Waals surface area (Å²) >= 11 is 14.0. The summed E-state index contributed by atoms with van der Waals surface area (Å²) in [4.78, 5) is 18.1. The molecule has 2 atom stereocenters. The topological polar surface area (TPSA) is 66.8 Å². The zero-order chi connectivity index (χ0) is 18.2. The van der Waals surface area contributed by atoms with Gasteiger partial charge in [0, 0.05) is 11.7 Å². The van der Waals surface area contributed by atoms with Crippen LogP contribution in [0.3, 0.4) is 0 Å². The number of para-hydroxylation sites is 1. The van der Waals surface area contributed by atoms with Crippen LogP contribution in [-0.2, 0) is 14.6 Å². The first-order chi connectivity index (χ1) is 11.8. The Bertz CT molecular complexity index is 806. The number of carbonyl (C=O) groups is 1. The molecule has 2 heterocycles. The van der Waals surface area contributed by atoms with Crippen molar-refractivity contribution in [2.24, 2.45) is 4.99 Å². The van der Waals surface area contributed by atoms with Crippen molar-refractivity contribution in [3.05, 3.63) is 28.2 Å². The molecule has 136 valence electrons. The van der Waals surface area contributed by atoms with Crippen LogP contribution in [0, 0.1) is 0 Å². The molecule has 2 aliphatic heterocycles. The van der Waals surface area contributed by atoms with E-state index in [1.54, 1.807) is 23.1 Å². The van der Waals surface area contributed by atoms with Crippen molar-refractivity contribution >= 4 is 61.6 Å². The molecule has 25 heavy (non-hydrogen) atoms. The summed E-state index contributed by atoms with van der Waals surface area (Å²) in [6, 6.07) is 4.80. The van der Waals surface area contributed by atoms with Gasteiger partial charge in [-0.25, -0.2) is 8.42 Å². The van der Waals surface area contributed by atoms with Crippen molar-refractivity contribution < 1.29 is 13.2 Å². The van der Waals surface area contributed by atoms with Crippen LogP contribution in [0.15, 0.2) is 23.2 Å². The van der Waals surface area contributed by atoms with Crippen molar-refractivity contribution in [2.45, 2.75) is 37.5 Å². The predicted molar refractivity (Wildman–Crippen MR) is 105 cm³/mol. The number of halogens is 2. The number of unbranched alkanes of at least 4 members (excludes halogenated alkanes) is 1. The zero-order valence-electron chi connectivity index (χ0n) is 13.6. The number of aliphatic imine (C=N–C) groups is 1. The third kappa shape index (κ3) is 3.99. The Hall–Kier alpha value is -0.760. The minimum atomic E-state index is -3.13. The molecule has 0 spiro atoms. The monoisotopic (exact) mass is 420 g/mol. The molecule has 0 radical (unpaired) electrons. The van der Waals surface area contributed by atoms with E-state index < -0.39 is 9.84 Å². The molecule has 1 aromatic rings. The van der Waals surface area contributed by atoms with Crippen LogP contribution in [0.25, 0.3) is 0 Å². The summed E-state index contributed by atoms with van der Waals surface area (Å²) in [5.74, 6) is -0.127. The van der Waals surface area contributed by atoms with Gasteiger partial charge in [-0.1, -0.05) is 54.4 Å². The van der Waals surface area contributed by atoms with Crippen LogP contribution in [0.5, 0.6) is 0 Å². The minimum Gasteiger partial charge on any atom is -0.313 e. The molecule has 2 fully saturated rings. The maximum atomic E-state index is 12.1. The van der Waals surface area contributed by atoms with E-state index in [9.17, 15) is 13.2 Å². The fraction of sp³-hybridized carbons (Fsp3) is 0.500. The van der Waals surface area contributed by atoms with Crippen LogP contribution in [0.1, 0.15) is 26.2 Å². The highest BCUT2D eigenvalue weighted by Crippen LogP contribution is 2.45. The number of thioether (sulfide) groups is 1. The number of fused-ring (bicyclic) bond motifs is 1. The van der Waals surface area contributed by atoms with Gasteiger partial charge in [-0.3, -0.25) is 4.79 Å². The number of benzene rings is 1. The lowest BCUT2D eigenvalue weighted by molar-refractivity contribution is -0.117. The standard InChI is InChI=1S/C16H18Cl2N2O3S2/c1-2-3-7-14(21)19-16-20(15-10(17)5-4-6-11(15)18)12-8-25(22,23)9-13(12)24-16/h4-6,12-13H,2-3,7-9H2,1H3/t12-,13-/m0/s1. The Kier molecular flexibility index (Phi) is 5.68. The van der Waals surface area contributed by atoms with Crippen molar-refractivity contribution in [3.63, 3.8) is 0 Å². The van der Waals surface area contributed by atoms with E-state index in [0.29, 0.717) is 27.3 Å². The number of rotatable bonds is 4. The molecule has 0 aromatic heterocycles. The molecule has 2 aliphatic rings. The highest BCUT2D eigenvalue weighted by molar-refractivity contribution is 8.16. The van der Waals surface area contributed by atoms with E-state index in [0.717, 1.165) is 12.8 Å². The van der Waals surface area contributed by atoms with E-state index in [1.807, 2.05) is 6.92 Å². The fourth-order valence-electron chi connectivity index (χ4n) is 3.04. The second-order valence-electron chi connectivity index (χ2n) is 6.13. The molecule has 0 saturated carbocycles. The van der Waals surface area contributed by atoms with Gasteiger partial charge in [0.05, 0.1) is 33.3 Å². The van der Waals surface area contributed by atoms with E-state index in [1.165, 1.54) is 11.8 Å². The van der Waals surface area contributed by atoms with Gasteiger partial charge in [-0.2, -0.15) is 4.99 Å². The van der Waals surface area contributed by atoms with Crippen LogP contribution in [0.4, 0.5) is 5.69 Å². The van der Waals surface area contributed by atoms with Gasteiger partial charge in [0.2, 0.25) is 5.91 Å². The summed E-state index contributed by atoms with van der Waals surface area (Å²) in [6.45, 7) is 2.01. The quantitative estimate of drug-likeness (QED) is 0.740. The van der Waals surface area contributed by atoms with Gasteiger partial charge in [-0.05, 0) is 18.6 Å². The van der Waals surface area contributed by atoms with E-state index in [4.69, 9.17) is 23.2 Å². The SMILES string of the molecule is CCCCC(=O)N=C1S[C@H]2CS(=O)(=O)C[C@@H]2N1c1c(Cl)cccc1Cl. The van der Waals surface area contributed by atoms with Crippen molar-refractivity contribution in [2.75, 3.05) is 16.4 Å². The summed E-state index contributed by atoms with van der Waals surface area (Å²) in [5.41, 5.74) is 0.518. The summed E-state index contributed by atoms with van der Waals surface area (Å²) in [5, 5.41) is 1.13. The zero-order valence-corrected chi connectivity index (χ0v) is 16.8. The molecule has 0 N–H and O–H groups in total. The number of amides is 1. The summed E-state index contributed by atoms with van der Waals surface area (Å²) < 4.78 is 24.1. The van der Waals surface area contributed by atoms with Crippen LogP contribution in [-0.4, -0.2) is 42.3 Å². The number of sulfone groups is 1. The van der Waals surface area contributed by atoms with Crippen LogP contribution < -0.4 is 4.90 Å². The maximum Gasteiger partial charge on any atom is 0.248 e. The number of anilines is 1. The van der Waals surface area contributed by atoms with Crippen LogP contribution >= 0.6 is 35.0 Å². The van der Waals surface area contributed by atoms with Crippen molar-refractivity contribution in [1.29, 1.82) is 0 Å². The van der Waals surface area contributed by atoms with Gasteiger partial charge in [0.1, 0.15) is 0 Å². The number of hydrogen-bond donors (Lipinski definition) is 0. The van der Waals surface area contributed by atoms with E-state index >= 15 is 0 Å². The normalized spacial score (nSPS) is 26.2. The Morgan fingerprint density at radius 1 is 1.32 bits per heavy atom. The molecule has 9 heteroatoms. The third-order valence-corrected chi connectivity index (χ3v) is 8.03. The number of hydrogen-bond acceptors (Lipinski definition) is 4. The average Bonchev–Trinajstić information content (AvgIpc) is 2.97. The third-order valence-electron chi connectivity index (χ3n) is 4.21. The van der Waals surface area contributed by atoms with E-state index in [2.05, 4.69) is 4.99 Å². The first kappa shape index (κ1) is 19.0. The Morgan fingerprint density at radius 3 is 2.64 bits per heavy atom. The fourth-order valence-corrected chi connectivity index (χ4v) is 7.53. The Morgan fingerprint density at radius 2 is 2.00 bits per heavy atom. The lowest BCUT2D eigenvalue weighted by Crippen LogP contribution is -2.38. The largest absolute Gasteiger partial charge is 0.313 e. The molecule has 0 bridgehead atoms. The molecule has 2 saturated heterocycles. The molecule has 0 aliphatic carbocycles. The predicted octanol–water partition coefficient (Wildman–Crippen LogP) is 3.79. The van der Waals surface area contributed by atoms with Gasteiger partial charge in [0.15, 0.2) is 15.0 Å². The Labute approximate surface area is 161 Å². The second kappa shape index (κ2) is 7.47. The maximum absolute atomic E-state index is 12.1.